The highest BCUT2D eigenvalue weighted by atomic mass is 16.5. The summed E-state index contributed by atoms with van der Waals surface area (Å²) < 4.78 is 5.77. The third kappa shape index (κ3) is 2.18. The van der Waals surface area contributed by atoms with Crippen molar-refractivity contribution in [1.82, 2.24) is 4.90 Å². The number of anilines is 1. The monoisotopic (exact) mass is 274 g/mol. The van der Waals surface area contributed by atoms with Crippen LogP contribution in [0.2, 0.25) is 0 Å². The summed E-state index contributed by atoms with van der Waals surface area (Å²) >= 11 is 0. The third-order valence-corrected chi connectivity index (χ3v) is 4.59. The molecule has 2 atom stereocenters. The van der Waals surface area contributed by atoms with Gasteiger partial charge < -0.3 is 15.4 Å². The van der Waals surface area contributed by atoms with Crippen LogP contribution in [0, 0.1) is 13.8 Å². The fourth-order valence-corrected chi connectivity index (χ4v) is 3.43. The van der Waals surface area contributed by atoms with Gasteiger partial charge >= 0.3 is 0 Å². The van der Waals surface area contributed by atoms with Gasteiger partial charge in [-0.1, -0.05) is 6.07 Å². The predicted molar refractivity (Wildman–Crippen MR) is 78.7 cm³/mol. The Morgan fingerprint density at radius 2 is 2.10 bits per heavy atom. The number of hydrogen-bond acceptors (Lipinski definition) is 3. The number of nitrogens with two attached hydrogens (primary N) is 1. The highest BCUT2D eigenvalue weighted by Gasteiger charge is 2.38. The standard InChI is InChI=1S/C16H22N2O2/c1-10-8-11(2)13(17)9-12(10)16(19)18-6-7-20-15-5-3-4-14(15)18/h8-9,14-15H,3-7,17H2,1-2H3. The van der Waals surface area contributed by atoms with E-state index < -0.39 is 0 Å². The van der Waals surface area contributed by atoms with Crippen molar-refractivity contribution in [2.45, 2.75) is 45.3 Å². The second kappa shape index (κ2) is 5.09. The first-order valence-corrected chi connectivity index (χ1v) is 7.37. The maximum Gasteiger partial charge on any atom is 0.254 e. The number of aryl methyl sites for hydroxylation is 2. The molecule has 20 heavy (non-hydrogen) atoms. The number of nitrogens with zero attached hydrogens (tertiary/aromatic N) is 1. The molecule has 0 aromatic heterocycles. The van der Waals surface area contributed by atoms with Gasteiger partial charge in [0.1, 0.15) is 0 Å². The van der Waals surface area contributed by atoms with E-state index in [9.17, 15) is 4.79 Å². The lowest BCUT2D eigenvalue weighted by atomic mass is 10.0. The number of morpholine rings is 1. The summed E-state index contributed by atoms with van der Waals surface area (Å²) in [7, 11) is 0. The molecule has 2 N–H and O–H groups in total. The van der Waals surface area contributed by atoms with Crippen molar-refractivity contribution in [2.75, 3.05) is 18.9 Å². The van der Waals surface area contributed by atoms with Crippen LogP contribution in [0.5, 0.6) is 0 Å². The Hall–Kier alpha value is -1.55. The van der Waals surface area contributed by atoms with E-state index in [1.54, 1.807) is 0 Å². The summed E-state index contributed by atoms with van der Waals surface area (Å²) in [6, 6.07) is 4.07. The lowest BCUT2D eigenvalue weighted by molar-refractivity contribution is -0.0445. The molecule has 2 aliphatic rings. The van der Waals surface area contributed by atoms with E-state index in [1.165, 1.54) is 0 Å². The number of carbonyl (C=O) groups excluding carboxylic acids is 1. The van der Waals surface area contributed by atoms with Gasteiger partial charge in [0, 0.05) is 17.8 Å². The van der Waals surface area contributed by atoms with Gasteiger partial charge in [0.2, 0.25) is 0 Å². The molecular formula is C16H22N2O2. The lowest BCUT2D eigenvalue weighted by Gasteiger charge is -2.38. The summed E-state index contributed by atoms with van der Waals surface area (Å²) in [6.45, 7) is 5.28. The minimum Gasteiger partial charge on any atom is -0.398 e. The zero-order valence-corrected chi connectivity index (χ0v) is 12.2. The lowest BCUT2D eigenvalue weighted by Crippen LogP contribution is -2.51. The largest absolute Gasteiger partial charge is 0.398 e. The SMILES string of the molecule is Cc1cc(C)c(C(=O)N2CCOC3CCCC32)cc1N. The van der Waals surface area contributed by atoms with Crippen molar-refractivity contribution in [3.05, 3.63) is 28.8 Å². The molecule has 1 aliphatic carbocycles. The Kier molecular flexibility index (Phi) is 3.42. The molecule has 1 heterocycles. The molecular weight excluding hydrogens is 252 g/mol. The average Bonchev–Trinajstić information content (AvgIpc) is 2.90. The number of nitrogen functional groups attached to an aromatic ring is 1. The van der Waals surface area contributed by atoms with Crippen LogP contribution in [-0.4, -0.2) is 36.1 Å². The first-order valence-electron chi connectivity index (χ1n) is 7.37. The first kappa shape index (κ1) is 13.4. The number of carbonyl (C=O) groups is 1. The fourth-order valence-electron chi connectivity index (χ4n) is 3.43. The van der Waals surface area contributed by atoms with Crippen LogP contribution in [-0.2, 0) is 4.74 Å². The maximum atomic E-state index is 12.8. The maximum absolute atomic E-state index is 12.8. The summed E-state index contributed by atoms with van der Waals surface area (Å²) in [5.74, 6) is 0.106. The molecule has 0 bridgehead atoms. The van der Waals surface area contributed by atoms with Crippen molar-refractivity contribution in [3.63, 3.8) is 0 Å². The van der Waals surface area contributed by atoms with Crippen molar-refractivity contribution >= 4 is 11.6 Å². The number of benzene rings is 1. The number of amides is 1. The molecule has 3 rings (SSSR count). The van der Waals surface area contributed by atoms with E-state index in [2.05, 4.69) is 0 Å². The normalized spacial score (nSPS) is 25.6. The molecule has 1 aliphatic heterocycles. The molecule has 1 amide bonds. The second-order valence-electron chi connectivity index (χ2n) is 5.93. The quantitative estimate of drug-likeness (QED) is 0.799. The first-order chi connectivity index (χ1) is 9.58. The topological polar surface area (TPSA) is 55.6 Å². The Morgan fingerprint density at radius 3 is 2.90 bits per heavy atom. The van der Waals surface area contributed by atoms with E-state index in [-0.39, 0.29) is 18.1 Å². The van der Waals surface area contributed by atoms with Gasteiger partial charge in [0.15, 0.2) is 0 Å². The molecule has 0 radical (unpaired) electrons. The highest BCUT2D eigenvalue weighted by molar-refractivity contribution is 5.97. The minimum absolute atomic E-state index is 0.106. The van der Waals surface area contributed by atoms with Gasteiger partial charge in [-0.15, -0.1) is 0 Å². The summed E-state index contributed by atoms with van der Waals surface area (Å²) in [5.41, 5.74) is 9.43. The van der Waals surface area contributed by atoms with Crippen molar-refractivity contribution in [3.8, 4) is 0 Å². The zero-order chi connectivity index (χ0) is 14.3. The molecule has 1 aromatic carbocycles. The van der Waals surface area contributed by atoms with Gasteiger partial charge in [-0.25, -0.2) is 0 Å². The fraction of sp³-hybridized carbons (Fsp3) is 0.562. The summed E-state index contributed by atoms with van der Waals surface area (Å²) in [5, 5.41) is 0. The number of ether oxygens (including phenoxy) is 1. The van der Waals surface area contributed by atoms with Gasteiger partial charge in [-0.3, -0.25) is 4.79 Å². The van der Waals surface area contributed by atoms with E-state index in [1.807, 2.05) is 30.9 Å². The predicted octanol–water partition coefficient (Wildman–Crippen LogP) is 2.28. The van der Waals surface area contributed by atoms with Crippen LogP contribution >= 0.6 is 0 Å². The Labute approximate surface area is 119 Å². The third-order valence-electron chi connectivity index (χ3n) is 4.59. The summed E-state index contributed by atoms with van der Waals surface area (Å²) in [4.78, 5) is 14.8. The average molecular weight is 274 g/mol. The van der Waals surface area contributed by atoms with E-state index in [4.69, 9.17) is 10.5 Å². The van der Waals surface area contributed by atoms with Crippen LogP contribution in [0.4, 0.5) is 5.69 Å². The van der Waals surface area contributed by atoms with Gasteiger partial charge in [0.25, 0.3) is 5.91 Å². The van der Waals surface area contributed by atoms with Crippen LogP contribution in [0.1, 0.15) is 40.7 Å². The molecule has 2 unspecified atom stereocenters. The number of hydrogen-bond donors (Lipinski definition) is 1. The van der Waals surface area contributed by atoms with Gasteiger partial charge in [-0.2, -0.15) is 0 Å². The van der Waals surface area contributed by atoms with Gasteiger partial charge in [0.05, 0.1) is 18.8 Å². The number of rotatable bonds is 1. The molecule has 1 saturated heterocycles. The van der Waals surface area contributed by atoms with E-state index in [0.717, 1.165) is 36.0 Å². The van der Waals surface area contributed by atoms with Crippen LogP contribution in [0.25, 0.3) is 0 Å². The molecule has 1 aromatic rings. The highest BCUT2D eigenvalue weighted by Crippen LogP contribution is 2.31. The Morgan fingerprint density at radius 1 is 1.30 bits per heavy atom. The van der Waals surface area contributed by atoms with Gasteiger partial charge in [-0.05, 0) is 50.3 Å². The Bertz CT molecular complexity index is 542. The van der Waals surface area contributed by atoms with Crippen LogP contribution < -0.4 is 5.73 Å². The van der Waals surface area contributed by atoms with Crippen molar-refractivity contribution in [1.29, 1.82) is 0 Å². The molecule has 108 valence electrons. The zero-order valence-electron chi connectivity index (χ0n) is 12.2. The van der Waals surface area contributed by atoms with Crippen molar-refractivity contribution < 1.29 is 9.53 Å². The Balaban J connectivity index is 1.90. The van der Waals surface area contributed by atoms with E-state index in [0.29, 0.717) is 18.8 Å². The van der Waals surface area contributed by atoms with Crippen LogP contribution in [0.3, 0.4) is 0 Å². The molecule has 2 fully saturated rings. The minimum atomic E-state index is 0.106. The molecule has 0 spiro atoms. The second-order valence-corrected chi connectivity index (χ2v) is 5.93. The van der Waals surface area contributed by atoms with Crippen molar-refractivity contribution in [2.24, 2.45) is 0 Å². The number of fused-ring (bicyclic) bond motifs is 1. The summed E-state index contributed by atoms with van der Waals surface area (Å²) in [6.07, 6.45) is 3.50. The van der Waals surface area contributed by atoms with Crippen LogP contribution in [0.15, 0.2) is 12.1 Å². The van der Waals surface area contributed by atoms with E-state index >= 15 is 0 Å². The smallest absolute Gasteiger partial charge is 0.254 e. The molecule has 4 nitrogen and oxygen atoms in total. The molecule has 1 saturated carbocycles. The molecule has 4 heteroatoms.